The van der Waals surface area contributed by atoms with E-state index in [-0.39, 0.29) is 12.2 Å². The SMILES string of the molecule is C=Cc1c(/C=C\C)oc2c(-c3ccc4c(c3)c(C)c(/C=C\C)n4-c3ccc(C4Nc5ccccc5C(c5ccccc5)N4)cc3)cccc12. The van der Waals surface area contributed by atoms with E-state index in [0.717, 1.165) is 44.8 Å². The lowest BCUT2D eigenvalue weighted by Gasteiger charge is -2.35. The smallest absolute Gasteiger partial charge is 0.143 e. The number of furan rings is 1. The van der Waals surface area contributed by atoms with Crippen LogP contribution in [0.5, 0.6) is 0 Å². The minimum absolute atomic E-state index is 0.0332. The molecule has 0 spiro atoms. The Morgan fingerprint density at radius 2 is 1.53 bits per heavy atom. The van der Waals surface area contributed by atoms with Gasteiger partial charge in [-0.2, -0.15) is 0 Å². The summed E-state index contributed by atoms with van der Waals surface area (Å²) in [5, 5.41) is 9.90. The third-order valence-corrected chi connectivity index (χ3v) is 9.73. The topological polar surface area (TPSA) is 42.1 Å². The van der Waals surface area contributed by atoms with Crippen LogP contribution >= 0.6 is 0 Å². The van der Waals surface area contributed by atoms with Gasteiger partial charge in [-0.05, 0) is 91.1 Å². The van der Waals surface area contributed by atoms with Crippen LogP contribution in [0.3, 0.4) is 0 Å². The van der Waals surface area contributed by atoms with Crippen molar-refractivity contribution in [2.75, 3.05) is 5.32 Å². The van der Waals surface area contributed by atoms with Crippen molar-refractivity contribution in [3.8, 4) is 16.8 Å². The molecule has 2 N–H and O–H groups in total. The summed E-state index contributed by atoms with van der Waals surface area (Å²) in [6.07, 6.45) is 10.2. The van der Waals surface area contributed by atoms with E-state index in [1.54, 1.807) is 0 Å². The Morgan fingerprint density at radius 1 is 0.755 bits per heavy atom. The van der Waals surface area contributed by atoms with Gasteiger partial charge in [0.05, 0.1) is 11.6 Å². The second-order valence-corrected chi connectivity index (χ2v) is 12.6. The maximum atomic E-state index is 6.42. The van der Waals surface area contributed by atoms with Gasteiger partial charge in [-0.3, -0.25) is 5.32 Å². The van der Waals surface area contributed by atoms with Crippen molar-refractivity contribution in [2.24, 2.45) is 0 Å². The summed E-state index contributed by atoms with van der Waals surface area (Å²) in [7, 11) is 0. The molecule has 8 rings (SSSR count). The van der Waals surface area contributed by atoms with Crippen molar-refractivity contribution in [3.05, 3.63) is 173 Å². The van der Waals surface area contributed by atoms with E-state index in [2.05, 4.69) is 163 Å². The summed E-state index contributed by atoms with van der Waals surface area (Å²) in [4.78, 5) is 0. The number of allylic oxidation sites excluding steroid dienone is 2. The van der Waals surface area contributed by atoms with E-state index in [9.17, 15) is 0 Å². The van der Waals surface area contributed by atoms with Crippen molar-refractivity contribution in [1.82, 2.24) is 9.88 Å². The van der Waals surface area contributed by atoms with Gasteiger partial charge in [-0.15, -0.1) is 0 Å². The van der Waals surface area contributed by atoms with Crippen LogP contribution in [0.15, 0.2) is 138 Å². The second-order valence-electron chi connectivity index (χ2n) is 12.6. The molecule has 0 amide bonds. The predicted molar refractivity (Wildman–Crippen MR) is 207 cm³/mol. The Balaban J connectivity index is 1.18. The molecule has 4 nitrogen and oxygen atoms in total. The molecule has 0 saturated carbocycles. The maximum Gasteiger partial charge on any atom is 0.143 e. The predicted octanol–water partition coefficient (Wildman–Crippen LogP) is 11.9. The molecule has 2 aromatic heterocycles. The lowest BCUT2D eigenvalue weighted by Crippen LogP contribution is -2.37. The number of nitrogens with one attached hydrogen (secondary N) is 2. The number of aromatic nitrogens is 1. The van der Waals surface area contributed by atoms with Crippen molar-refractivity contribution in [1.29, 1.82) is 0 Å². The van der Waals surface area contributed by atoms with Gasteiger partial charge in [0, 0.05) is 39.0 Å². The van der Waals surface area contributed by atoms with Crippen molar-refractivity contribution >= 4 is 45.8 Å². The lowest BCUT2D eigenvalue weighted by molar-refractivity contribution is 0.506. The fourth-order valence-electron chi connectivity index (χ4n) is 7.39. The number of benzene rings is 5. The van der Waals surface area contributed by atoms with Gasteiger partial charge in [0.2, 0.25) is 0 Å². The molecule has 49 heavy (non-hydrogen) atoms. The molecule has 0 radical (unpaired) electrons. The van der Waals surface area contributed by atoms with Crippen molar-refractivity contribution < 1.29 is 4.42 Å². The maximum absolute atomic E-state index is 6.42. The number of nitrogens with zero attached hydrogens (tertiary/aromatic N) is 1. The van der Waals surface area contributed by atoms with Crippen molar-refractivity contribution in [3.63, 3.8) is 0 Å². The second kappa shape index (κ2) is 12.6. The Morgan fingerprint density at radius 3 is 2.31 bits per heavy atom. The Hall–Kier alpha value is -5.84. The minimum atomic E-state index is -0.0332. The molecular weight excluding hydrogens is 599 g/mol. The number of fused-ring (bicyclic) bond motifs is 3. The molecule has 1 aliphatic rings. The fourth-order valence-corrected chi connectivity index (χ4v) is 7.39. The summed E-state index contributed by atoms with van der Waals surface area (Å²) >= 11 is 0. The zero-order valence-corrected chi connectivity index (χ0v) is 28.1. The zero-order valence-electron chi connectivity index (χ0n) is 28.1. The van der Waals surface area contributed by atoms with Crippen LogP contribution in [0.2, 0.25) is 0 Å². The molecule has 4 heteroatoms. The monoisotopic (exact) mass is 637 g/mol. The van der Waals surface area contributed by atoms with E-state index in [1.165, 1.54) is 38.9 Å². The highest BCUT2D eigenvalue weighted by atomic mass is 16.3. The van der Waals surface area contributed by atoms with Crippen LogP contribution in [0, 0.1) is 6.92 Å². The summed E-state index contributed by atoms with van der Waals surface area (Å²) in [6.45, 7) is 10.4. The average molecular weight is 638 g/mol. The number of hydrogen-bond donors (Lipinski definition) is 2. The van der Waals surface area contributed by atoms with Crippen LogP contribution in [0.25, 0.3) is 56.9 Å². The summed E-state index contributed by atoms with van der Waals surface area (Å²) < 4.78 is 8.79. The van der Waals surface area contributed by atoms with Gasteiger partial charge in [0.15, 0.2) is 0 Å². The van der Waals surface area contributed by atoms with Gasteiger partial charge in [0.25, 0.3) is 0 Å². The molecule has 2 unspecified atom stereocenters. The highest BCUT2D eigenvalue weighted by Gasteiger charge is 2.27. The molecule has 0 bridgehead atoms. The normalized spacial score (nSPS) is 16.1. The van der Waals surface area contributed by atoms with E-state index < -0.39 is 0 Å². The summed E-state index contributed by atoms with van der Waals surface area (Å²) in [5.41, 5.74) is 13.7. The Bertz CT molecular complexity index is 2390. The molecule has 5 aromatic carbocycles. The molecule has 3 heterocycles. The van der Waals surface area contributed by atoms with Gasteiger partial charge >= 0.3 is 0 Å². The molecule has 0 aliphatic carbocycles. The number of aryl methyl sites for hydroxylation is 1. The molecule has 1 aliphatic heterocycles. The van der Waals surface area contributed by atoms with Gasteiger partial charge < -0.3 is 14.3 Å². The standard InChI is InChI=1S/C45H39N3O/c1-5-14-40-29(4)38-28-32(35-19-13-20-36-34(7-3)42(15-6-2)49-44(35)36)24-27-41(38)48(40)33-25-22-31(23-26-33)45-46-39-21-12-11-18-37(39)43(47-45)30-16-9-8-10-17-30/h5-28,43,45-47H,3H2,1-2,4H3/b14-5-,15-6-. The first-order valence-corrected chi connectivity index (χ1v) is 16.9. The number of hydrogen-bond acceptors (Lipinski definition) is 3. The van der Waals surface area contributed by atoms with E-state index >= 15 is 0 Å². The van der Waals surface area contributed by atoms with Crippen LogP contribution in [-0.2, 0) is 0 Å². The zero-order chi connectivity index (χ0) is 33.5. The number of para-hydroxylation sites is 2. The highest BCUT2D eigenvalue weighted by Crippen LogP contribution is 2.40. The van der Waals surface area contributed by atoms with Crippen LogP contribution in [-0.4, -0.2) is 4.57 Å². The minimum Gasteiger partial charge on any atom is -0.455 e. The van der Waals surface area contributed by atoms with Crippen molar-refractivity contribution in [2.45, 2.75) is 33.0 Å². The molecule has 7 aromatic rings. The fraction of sp³-hybridized carbons (Fsp3) is 0.111. The Kier molecular flexibility index (Phi) is 7.87. The van der Waals surface area contributed by atoms with Crippen LogP contribution in [0.4, 0.5) is 5.69 Å². The first-order valence-electron chi connectivity index (χ1n) is 16.9. The van der Waals surface area contributed by atoms with E-state index in [0.29, 0.717) is 0 Å². The number of anilines is 1. The Labute approximate surface area is 287 Å². The van der Waals surface area contributed by atoms with Crippen LogP contribution < -0.4 is 10.6 Å². The first kappa shape index (κ1) is 30.5. The van der Waals surface area contributed by atoms with Crippen LogP contribution in [0.1, 0.15) is 65.3 Å². The van der Waals surface area contributed by atoms with Gasteiger partial charge in [-0.1, -0.05) is 110 Å². The summed E-state index contributed by atoms with van der Waals surface area (Å²) in [5.74, 6) is 0.834. The molecule has 0 fully saturated rings. The summed E-state index contributed by atoms with van der Waals surface area (Å²) in [6, 6.07) is 41.4. The largest absolute Gasteiger partial charge is 0.455 e. The van der Waals surface area contributed by atoms with Gasteiger partial charge in [0.1, 0.15) is 17.5 Å². The molecule has 240 valence electrons. The van der Waals surface area contributed by atoms with E-state index in [1.807, 2.05) is 25.2 Å². The molecule has 2 atom stereocenters. The third-order valence-electron chi connectivity index (χ3n) is 9.73. The third kappa shape index (κ3) is 5.22. The average Bonchev–Trinajstić information content (AvgIpc) is 3.65. The number of rotatable bonds is 7. The molecule has 0 saturated heterocycles. The first-order chi connectivity index (χ1) is 24.1. The molecular formula is C45H39N3O. The lowest BCUT2D eigenvalue weighted by atomic mass is 9.93. The van der Waals surface area contributed by atoms with Gasteiger partial charge in [-0.25, -0.2) is 0 Å². The van der Waals surface area contributed by atoms with E-state index in [4.69, 9.17) is 4.42 Å². The highest BCUT2D eigenvalue weighted by molar-refractivity contribution is 6.01. The quantitative estimate of drug-likeness (QED) is 0.183.